The largest absolute Gasteiger partial charge is 0.349 e. The molecule has 0 atom stereocenters. The summed E-state index contributed by atoms with van der Waals surface area (Å²) in [4.78, 5) is 15.4. The molecule has 0 unspecified atom stereocenters. The zero-order chi connectivity index (χ0) is 22.6. The highest BCUT2D eigenvalue weighted by atomic mass is 35.5. The summed E-state index contributed by atoms with van der Waals surface area (Å²) in [5.41, 5.74) is 1.50. The van der Waals surface area contributed by atoms with Crippen LogP contribution in [-0.2, 0) is 16.6 Å². The van der Waals surface area contributed by atoms with Crippen LogP contribution in [-0.4, -0.2) is 67.3 Å². The first-order chi connectivity index (χ1) is 15.4. The number of nitrogens with one attached hydrogen (secondary N) is 1. The SMILES string of the molecule is O=C(NC1CCN(Cc2ccccc2)CC1)c1cc(S(=O)(=O)N2CCSCC2)ccc1Cl. The Kier molecular flexibility index (Phi) is 7.78. The highest BCUT2D eigenvalue weighted by Crippen LogP contribution is 2.25. The zero-order valence-electron chi connectivity index (χ0n) is 17.9. The minimum Gasteiger partial charge on any atom is -0.349 e. The van der Waals surface area contributed by atoms with Crippen molar-refractivity contribution in [1.82, 2.24) is 14.5 Å². The summed E-state index contributed by atoms with van der Waals surface area (Å²) in [5.74, 6) is 1.24. The lowest BCUT2D eigenvalue weighted by atomic mass is 10.0. The molecule has 1 N–H and O–H groups in total. The summed E-state index contributed by atoms with van der Waals surface area (Å²) in [7, 11) is -3.63. The van der Waals surface area contributed by atoms with Gasteiger partial charge in [-0.15, -0.1) is 0 Å². The van der Waals surface area contributed by atoms with Crippen LogP contribution in [0.2, 0.25) is 5.02 Å². The molecule has 172 valence electrons. The fourth-order valence-corrected chi connectivity index (χ4v) is 6.92. The minimum atomic E-state index is -3.63. The van der Waals surface area contributed by atoms with E-state index in [0.29, 0.717) is 13.1 Å². The first-order valence-electron chi connectivity index (χ1n) is 10.9. The lowest BCUT2D eigenvalue weighted by Crippen LogP contribution is -2.44. The average Bonchev–Trinajstić information content (AvgIpc) is 2.82. The maximum Gasteiger partial charge on any atom is 0.253 e. The molecule has 2 aromatic rings. The van der Waals surface area contributed by atoms with Gasteiger partial charge in [0.25, 0.3) is 5.91 Å². The molecule has 0 spiro atoms. The van der Waals surface area contributed by atoms with Crippen LogP contribution in [0.5, 0.6) is 0 Å². The molecule has 2 fully saturated rings. The van der Waals surface area contributed by atoms with Gasteiger partial charge in [0.15, 0.2) is 0 Å². The molecule has 4 rings (SSSR count). The van der Waals surface area contributed by atoms with Crippen molar-refractivity contribution in [1.29, 1.82) is 0 Å². The lowest BCUT2D eigenvalue weighted by Gasteiger charge is -2.32. The van der Waals surface area contributed by atoms with E-state index in [9.17, 15) is 13.2 Å². The Bertz CT molecular complexity index is 1040. The summed E-state index contributed by atoms with van der Waals surface area (Å²) in [6.45, 7) is 3.67. The smallest absolute Gasteiger partial charge is 0.253 e. The molecule has 9 heteroatoms. The number of carbonyl (C=O) groups excluding carboxylic acids is 1. The van der Waals surface area contributed by atoms with Gasteiger partial charge in [0.2, 0.25) is 10.0 Å². The van der Waals surface area contributed by atoms with Gasteiger partial charge in [-0.25, -0.2) is 8.42 Å². The summed E-state index contributed by atoms with van der Waals surface area (Å²) < 4.78 is 27.5. The predicted octanol–water partition coefficient (Wildman–Crippen LogP) is 3.47. The fraction of sp³-hybridized carbons (Fsp3) is 0.435. The molecule has 0 aromatic heterocycles. The Labute approximate surface area is 199 Å². The third-order valence-electron chi connectivity index (χ3n) is 5.96. The van der Waals surface area contributed by atoms with Gasteiger partial charge < -0.3 is 5.32 Å². The van der Waals surface area contributed by atoms with Crippen molar-refractivity contribution in [2.45, 2.75) is 30.3 Å². The van der Waals surface area contributed by atoms with E-state index in [1.165, 1.54) is 28.1 Å². The summed E-state index contributed by atoms with van der Waals surface area (Å²) >= 11 is 8.02. The van der Waals surface area contributed by atoms with Gasteiger partial charge in [-0.3, -0.25) is 9.69 Å². The van der Waals surface area contributed by atoms with Crippen LogP contribution >= 0.6 is 23.4 Å². The minimum absolute atomic E-state index is 0.0463. The highest BCUT2D eigenvalue weighted by Gasteiger charge is 2.28. The van der Waals surface area contributed by atoms with Gasteiger partial charge in [0, 0.05) is 50.3 Å². The molecule has 32 heavy (non-hydrogen) atoms. The number of rotatable bonds is 6. The van der Waals surface area contributed by atoms with Gasteiger partial charge in [0.1, 0.15) is 0 Å². The van der Waals surface area contributed by atoms with E-state index < -0.39 is 10.0 Å². The quantitative estimate of drug-likeness (QED) is 0.667. The van der Waals surface area contributed by atoms with Crippen LogP contribution < -0.4 is 5.32 Å². The third kappa shape index (κ3) is 5.66. The average molecular weight is 494 g/mol. The van der Waals surface area contributed by atoms with Gasteiger partial charge in [-0.1, -0.05) is 41.9 Å². The Hall–Kier alpha value is -1.58. The van der Waals surface area contributed by atoms with Gasteiger partial charge in [0.05, 0.1) is 15.5 Å². The second-order valence-corrected chi connectivity index (χ2v) is 11.7. The van der Waals surface area contributed by atoms with Gasteiger partial charge in [-0.05, 0) is 36.6 Å². The maximum atomic E-state index is 13.0. The van der Waals surface area contributed by atoms with Gasteiger partial charge >= 0.3 is 0 Å². The van der Waals surface area contributed by atoms with Crippen molar-refractivity contribution < 1.29 is 13.2 Å². The number of sulfonamides is 1. The maximum absolute atomic E-state index is 13.0. The van der Waals surface area contributed by atoms with Crippen LogP contribution in [0.15, 0.2) is 53.4 Å². The number of thioether (sulfide) groups is 1. The first-order valence-corrected chi connectivity index (χ1v) is 13.9. The topological polar surface area (TPSA) is 69.7 Å². The van der Waals surface area contributed by atoms with E-state index in [1.807, 2.05) is 18.2 Å². The van der Waals surface area contributed by atoms with Crippen molar-refractivity contribution in [3.63, 3.8) is 0 Å². The molecule has 0 radical (unpaired) electrons. The van der Waals surface area contributed by atoms with Crippen molar-refractivity contribution in [2.75, 3.05) is 37.7 Å². The van der Waals surface area contributed by atoms with Crippen molar-refractivity contribution in [3.8, 4) is 0 Å². The summed E-state index contributed by atoms with van der Waals surface area (Å²) in [5, 5.41) is 3.32. The molecule has 2 heterocycles. The van der Waals surface area contributed by atoms with E-state index >= 15 is 0 Å². The number of halogens is 1. The summed E-state index contributed by atoms with van der Waals surface area (Å²) in [6, 6.07) is 14.8. The van der Waals surface area contributed by atoms with Crippen LogP contribution in [0, 0.1) is 0 Å². The van der Waals surface area contributed by atoms with Crippen LogP contribution in [0.25, 0.3) is 0 Å². The Balaban J connectivity index is 1.38. The second kappa shape index (κ2) is 10.6. The van der Waals surface area contributed by atoms with E-state index in [0.717, 1.165) is 44.0 Å². The zero-order valence-corrected chi connectivity index (χ0v) is 20.3. The van der Waals surface area contributed by atoms with E-state index in [1.54, 1.807) is 11.8 Å². The number of hydrogen-bond donors (Lipinski definition) is 1. The summed E-state index contributed by atoms with van der Waals surface area (Å²) in [6.07, 6.45) is 1.69. The number of nitrogens with zero attached hydrogens (tertiary/aromatic N) is 2. The van der Waals surface area contributed by atoms with Crippen LogP contribution in [0.3, 0.4) is 0 Å². The third-order valence-corrected chi connectivity index (χ3v) is 9.13. The fourth-order valence-electron chi connectivity index (χ4n) is 4.12. The Morgan fingerprint density at radius 1 is 1.03 bits per heavy atom. The molecule has 1 amide bonds. The number of piperidine rings is 1. The van der Waals surface area contributed by atoms with Gasteiger partial charge in [-0.2, -0.15) is 16.1 Å². The van der Waals surface area contributed by atoms with E-state index in [2.05, 4.69) is 22.3 Å². The number of likely N-dealkylation sites (tertiary alicyclic amines) is 1. The molecule has 6 nitrogen and oxygen atoms in total. The van der Waals surface area contributed by atoms with Crippen LogP contribution in [0.1, 0.15) is 28.8 Å². The van der Waals surface area contributed by atoms with E-state index in [-0.39, 0.29) is 27.4 Å². The monoisotopic (exact) mass is 493 g/mol. The number of hydrogen-bond acceptors (Lipinski definition) is 5. The lowest BCUT2D eigenvalue weighted by molar-refractivity contribution is 0.0909. The number of benzene rings is 2. The van der Waals surface area contributed by atoms with Crippen molar-refractivity contribution in [3.05, 3.63) is 64.7 Å². The second-order valence-electron chi connectivity index (χ2n) is 8.17. The van der Waals surface area contributed by atoms with Crippen LogP contribution in [0.4, 0.5) is 0 Å². The molecule has 0 saturated carbocycles. The molecule has 2 aliphatic heterocycles. The Morgan fingerprint density at radius 2 is 1.72 bits per heavy atom. The van der Waals surface area contributed by atoms with Crippen molar-refractivity contribution in [2.24, 2.45) is 0 Å². The molecule has 0 aliphatic carbocycles. The van der Waals surface area contributed by atoms with Crippen molar-refractivity contribution >= 4 is 39.3 Å². The first kappa shape index (κ1) is 23.6. The molecular formula is C23H28ClN3O3S2. The Morgan fingerprint density at radius 3 is 2.41 bits per heavy atom. The molecule has 2 aliphatic rings. The predicted molar refractivity (Wildman–Crippen MR) is 130 cm³/mol. The molecule has 2 saturated heterocycles. The van der Waals surface area contributed by atoms with E-state index in [4.69, 9.17) is 11.6 Å². The number of carbonyl (C=O) groups is 1. The molecular weight excluding hydrogens is 466 g/mol. The number of amides is 1. The molecule has 2 aromatic carbocycles. The standard InChI is InChI=1S/C23H28ClN3O3S2/c24-22-7-6-20(32(29,30)27-12-14-31-15-13-27)16-21(22)23(28)25-19-8-10-26(11-9-19)17-18-4-2-1-3-5-18/h1-7,16,19H,8-15,17H2,(H,25,28). The molecule has 0 bridgehead atoms. The highest BCUT2D eigenvalue weighted by molar-refractivity contribution is 7.99. The normalized spacial score (nSPS) is 19.0.